The Morgan fingerprint density at radius 1 is 1.44 bits per heavy atom. The summed E-state index contributed by atoms with van der Waals surface area (Å²) in [5, 5.41) is 9.10. The molecule has 0 amide bonds. The number of hydrogen-bond acceptors (Lipinski definition) is 4. The van der Waals surface area contributed by atoms with Crippen LogP contribution in [0.1, 0.15) is 0 Å². The molecule has 2 heterocycles. The first-order valence-corrected chi connectivity index (χ1v) is 4.51. The van der Waals surface area contributed by atoms with E-state index < -0.39 is 6.09 Å². The highest BCUT2D eigenvalue weighted by molar-refractivity contribution is 5.94. The summed E-state index contributed by atoms with van der Waals surface area (Å²) >= 11 is 0. The van der Waals surface area contributed by atoms with Crippen molar-refractivity contribution in [1.82, 2.24) is 9.55 Å². The lowest BCUT2D eigenvalue weighted by atomic mass is 10.4. The summed E-state index contributed by atoms with van der Waals surface area (Å²) in [7, 11) is 2.83. The monoisotopic (exact) mass is 222 g/mol. The number of nitrogens with zero attached hydrogens (tertiary/aromatic N) is 2. The van der Waals surface area contributed by atoms with Gasteiger partial charge in [-0.25, -0.2) is 9.36 Å². The highest BCUT2D eigenvalue weighted by Crippen LogP contribution is 2.37. The molecular weight excluding hydrogens is 212 g/mol. The standard InChI is InChI=1S/C10H10N2O4/c1-15-8-7-6(4-3-5-11-7)12(10(13)14)9(8)16-2/h3-5H,1-2H3,(H,13,14). The largest absolute Gasteiger partial charge is 0.490 e. The Balaban J connectivity index is 2.90. The third-order valence-corrected chi connectivity index (χ3v) is 2.23. The van der Waals surface area contributed by atoms with Crippen LogP contribution in [-0.2, 0) is 0 Å². The molecule has 0 bridgehead atoms. The quantitative estimate of drug-likeness (QED) is 0.834. The van der Waals surface area contributed by atoms with Gasteiger partial charge in [0, 0.05) is 6.20 Å². The lowest BCUT2D eigenvalue weighted by molar-refractivity contribution is 0.193. The summed E-state index contributed by atoms with van der Waals surface area (Å²) < 4.78 is 11.1. The number of carboxylic acid groups (broad SMARTS) is 1. The zero-order chi connectivity index (χ0) is 11.7. The predicted octanol–water partition coefficient (Wildman–Crippen LogP) is 1.58. The number of ether oxygens (including phenoxy) is 2. The van der Waals surface area contributed by atoms with Gasteiger partial charge >= 0.3 is 6.09 Å². The Morgan fingerprint density at radius 3 is 2.75 bits per heavy atom. The van der Waals surface area contributed by atoms with Crippen molar-refractivity contribution >= 4 is 17.1 Å². The van der Waals surface area contributed by atoms with Crippen molar-refractivity contribution in [2.45, 2.75) is 0 Å². The van der Waals surface area contributed by atoms with Gasteiger partial charge in [-0.05, 0) is 12.1 Å². The molecule has 0 radical (unpaired) electrons. The van der Waals surface area contributed by atoms with E-state index in [0.717, 1.165) is 4.57 Å². The highest BCUT2D eigenvalue weighted by Gasteiger charge is 2.23. The Bertz CT molecular complexity index is 547. The van der Waals surface area contributed by atoms with E-state index in [-0.39, 0.29) is 5.88 Å². The van der Waals surface area contributed by atoms with Crippen LogP contribution in [0.3, 0.4) is 0 Å². The fourth-order valence-electron chi connectivity index (χ4n) is 1.62. The van der Waals surface area contributed by atoms with Crippen molar-refractivity contribution < 1.29 is 19.4 Å². The molecule has 0 unspecified atom stereocenters. The summed E-state index contributed by atoms with van der Waals surface area (Å²) in [5.74, 6) is 0.448. The van der Waals surface area contributed by atoms with Crippen molar-refractivity contribution in [1.29, 1.82) is 0 Å². The van der Waals surface area contributed by atoms with Crippen LogP contribution in [0.2, 0.25) is 0 Å². The molecule has 6 nitrogen and oxygen atoms in total. The summed E-state index contributed by atoms with van der Waals surface area (Å²) in [6.07, 6.45) is 0.425. The van der Waals surface area contributed by atoms with Crippen molar-refractivity contribution in [2.75, 3.05) is 14.2 Å². The average Bonchev–Trinajstić information content (AvgIpc) is 2.62. The second-order valence-electron chi connectivity index (χ2n) is 3.03. The molecule has 0 aliphatic rings. The molecule has 6 heteroatoms. The van der Waals surface area contributed by atoms with Crippen LogP contribution >= 0.6 is 0 Å². The molecule has 84 valence electrons. The van der Waals surface area contributed by atoms with Gasteiger partial charge in [-0.2, -0.15) is 0 Å². The number of hydrogen-bond donors (Lipinski definition) is 1. The van der Waals surface area contributed by atoms with E-state index in [1.54, 1.807) is 18.3 Å². The van der Waals surface area contributed by atoms with Gasteiger partial charge in [0.2, 0.25) is 11.6 Å². The van der Waals surface area contributed by atoms with Crippen molar-refractivity contribution in [3.63, 3.8) is 0 Å². The fraction of sp³-hybridized carbons (Fsp3) is 0.200. The van der Waals surface area contributed by atoms with Crippen LogP contribution < -0.4 is 9.47 Å². The number of pyridine rings is 1. The van der Waals surface area contributed by atoms with E-state index in [1.165, 1.54) is 14.2 Å². The van der Waals surface area contributed by atoms with Crippen molar-refractivity contribution in [3.8, 4) is 11.6 Å². The fourth-order valence-corrected chi connectivity index (χ4v) is 1.62. The second-order valence-corrected chi connectivity index (χ2v) is 3.03. The average molecular weight is 222 g/mol. The zero-order valence-electron chi connectivity index (χ0n) is 8.80. The maximum atomic E-state index is 11.1. The molecule has 0 saturated carbocycles. The summed E-state index contributed by atoms with van der Waals surface area (Å²) in [6, 6.07) is 3.29. The molecule has 0 saturated heterocycles. The predicted molar refractivity (Wildman–Crippen MR) is 56.3 cm³/mol. The summed E-state index contributed by atoms with van der Waals surface area (Å²) in [6.45, 7) is 0. The van der Waals surface area contributed by atoms with Gasteiger partial charge in [0.25, 0.3) is 0 Å². The van der Waals surface area contributed by atoms with Crippen LogP contribution in [0.5, 0.6) is 11.6 Å². The van der Waals surface area contributed by atoms with Gasteiger partial charge in [0.1, 0.15) is 5.52 Å². The number of aromatic nitrogens is 2. The van der Waals surface area contributed by atoms with Gasteiger partial charge in [-0.3, -0.25) is 4.98 Å². The molecule has 0 aliphatic heterocycles. The molecule has 0 fully saturated rings. The second kappa shape index (κ2) is 3.73. The highest BCUT2D eigenvalue weighted by atomic mass is 16.5. The van der Waals surface area contributed by atoms with E-state index in [9.17, 15) is 4.79 Å². The zero-order valence-corrected chi connectivity index (χ0v) is 8.80. The SMILES string of the molecule is COc1c(OC)n(C(=O)O)c2cccnc12. The van der Waals surface area contributed by atoms with E-state index in [4.69, 9.17) is 14.6 Å². The first-order chi connectivity index (χ1) is 7.70. The molecule has 16 heavy (non-hydrogen) atoms. The third-order valence-electron chi connectivity index (χ3n) is 2.23. The van der Waals surface area contributed by atoms with Crippen LogP contribution in [0.25, 0.3) is 11.0 Å². The van der Waals surface area contributed by atoms with E-state index in [1.807, 2.05) is 0 Å². The van der Waals surface area contributed by atoms with Crippen molar-refractivity contribution in [3.05, 3.63) is 18.3 Å². The molecule has 0 atom stereocenters. The number of rotatable bonds is 2. The van der Waals surface area contributed by atoms with E-state index in [2.05, 4.69) is 4.98 Å². The maximum Gasteiger partial charge on any atom is 0.419 e. The molecule has 2 aromatic rings. The molecule has 0 spiro atoms. The Kier molecular flexibility index (Phi) is 2.40. The molecule has 2 aromatic heterocycles. The van der Waals surface area contributed by atoms with Crippen LogP contribution in [-0.4, -0.2) is 35.0 Å². The van der Waals surface area contributed by atoms with Gasteiger partial charge in [0.05, 0.1) is 19.7 Å². The first-order valence-electron chi connectivity index (χ1n) is 4.51. The smallest absolute Gasteiger partial charge is 0.419 e. The topological polar surface area (TPSA) is 73.6 Å². The van der Waals surface area contributed by atoms with Crippen LogP contribution in [0, 0.1) is 0 Å². The summed E-state index contributed by atoms with van der Waals surface area (Å²) in [5.41, 5.74) is 0.896. The normalized spacial score (nSPS) is 10.4. The molecular formula is C10H10N2O4. The number of fused-ring (bicyclic) bond motifs is 1. The van der Waals surface area contributed by atoms with Crippen LogP contribution in [0.4, 0.5) is 4.79 Å². The minimum atomic E-state index is -1.14. The number of methoxy groups -OCH3 is 2. The lowest BCUT2D eigenvalue weighted by Gasteiger charge is -2.04. The minimum absolute atomic E-state index is 0.128. The van der Waals surface area contributed by atoms with Gasteiger partial charge < -0.3 is 14.6 Å². The molecule has 1 N–H and O–H groups in total. The summed E-state index contributed by atoms with van der Waals surface area (Å²) in [4.78, 5) is 15.2. The van der Waals surface area contributed by atoms with Gasteiger partial charge in [-0.1, -0.05) is 0 Å². The third kappa shape index (κ3) is 1.27. The van der Waals surface area contributed by atoms with E-state index in [0.29, 0.717) is 16.8 Å². The molecule has 0 aliphatic carbocycles. The van der Waals surface area contributed by atoms with Crippen LogP contribution in [0.15, 0.2) is 18.3 Å². The Hall–Kier alpha value is -2.24. The molecule has 0 aromatic carbocycles. The Labute approximate surface area is 91.0 Å². The lowest BCUT2D eigenvalue weighted by Crippen LogP contribution is -2.09. The van der Waals surface area contributed by atoms with Gasteiger partial charge in [0.15, 0.2) is 0 Å². The molecule has 2 rings (SSSR count). The Morgan fingerprint density at radius 2 is 2.19 bits per heavy atom. The van der Waals surface area contributed by atoms with Gasteiger partial charge in [-0.15, -0.1) is 0 Å². The first kappa shape index (κ1) is 10.3. The number of carbonyl (C=O) groups is 1. The van der Waals surface area contributed by atoms with Crippen molar-refractivity contribution in [2.24, 2.45) is 0 Å². The maximum absolute atomic E-state index is 11.1. The minimum Gasteiger partial charge on any atom is -0.490 e. The van der Waals surface area contributed by atoms with E-state index >= 15 is 0 Å².